The van der Waals surface area contributed by atoms with E-state index in [1.165, 1.54) is 25.1 Å². The Hall–Kier alpha value is -1.33. The fraction of sp³-hybridized carbons (Fsp3) is 0.643. The molecule has 0 aromatic carbocycles. The third kappa shape index (κ3) is 3.36. The van der Waals surface area contributed by atoms with Crippen LogP contribution in [0.5, 0.6) is 5.75 Å². The minimum atomic E-state index is -0.301. The molecule has 5 heteroatoms. The lowest BCUT2D eigenvalue weighted by Gasteiger charge is -2.35. The molecule has 2 rings (SSSR count). The molecule has 0 spiro atoms. The van der Waals surface area contributed by atoms with E-state index < -0.39 is 0 Å². The Morgan fingerprint density at radius 1 is 1.37 bits per heavy atom. The van der Waals surface area contributed by atoms with E-state index in [9.17, 15) is 9.90 Å². The van der Waals surface area contributed by atoms with Crippen LogP contribution in [0.2, 0.25) is 0 Å². The molecule has 0 aliphatic carbocycles. The van der Waals surface area contributed by atoms with Gasteiger partial charge in [0.25, 0.3) is 0 Å². The van der Waals surface area contributed by atoms with Gasteiger partial charge in [0, 0.05) is 37.6 Å². The van der Waals surface area contributed by atoms with Gasteiger partial charge in [-0.15, -0.1) is 0 Å². The second kappa shape index (κ2) is 5.75. The van der Waals surface area contributed by atoms with Crippen molar-refractivity contribution in [2.75, 3.05) is 27.2 Å². The number of pyridine rings is 1. The van der Waals surface area contributed by atoms with Crippen LogP contribution in [-0.2, 0) is 13.6 Å². The molecule has 0 bridgehead atoms. The van der Waals surface area contributed by atoms with Crippen molar-refractivity contribution in [2.24, 2.45) is 7.05 Å². The number of likely N-dealkylation sites (tertiary alicyclic amines) is 1. The summed E-state index contributed by atoms with van der Waals surface area (Å²) in [6.07, 6.45) is 3.82. The van der Waals surface area contributed by atoms with Gasteiger partial charge in [-0.05, 0) is 40.0 Å². The Morgan fingerprint density at radius 3 is 2.63 bits per heavy atom. The van der Waals surface area contributed by atoms with E-state index in [4.69, 9.17) is 0 Å². The molecule has 0 unspecified atom stereocenters. The van der Waals surface area contributed by atoms with Gasteiger partial charge >= 0.3 is 0 Å². The van der Waals surface area contributed by atoms with E-state index in [0.717, 1.165) is 25.3 Å². The number of rotatable bonds is 3. The average Bonchev–Trinajstić information content (AvgIpc) is 2.36. The molecule has 1 aromatic heterocycles. The standard InChI is InChI=1S/C14H23N3O2/c1-15-6-4-11(5-7-15)16(2)9-12-8-13(18)14(19)10-17(12)3/h8,10-11,19H,4-7,9H2,1-3H3. The highest BCUT2D eigenvalue weighted by Gasteiger charge is 2.21. The zero-order chi connectivity index (χ0) is 14.0. The monoisotopic (exact) mass is 265 g/mol. The summed E-state index contributed by atoms with van der Waals surface area (Å²) in [4.78, 5) is 16.2. The average molecular weight is 265 g/mol. The Labute approximate surface area is 114 Å². The third-order valence-corrected chi connectivity index (χ3v) is 4.04. The minimum absolute atomic E-state index is 0.187. The molecule has 1 fully saturated rings. The lowest BCUT2D eigenvalue weighted by molar-refractivity contribution is 0.137. The summed E-state index contributed by atoms with van der Waals surface area (Å²) in [5.74, 6) is -0.187. The smallest absolute Gasteiger partial charge is 0.223 e. The van der Waals surface area contributed by atoms with E-state index in [1.54, 1.807) is 0 Å². The van der Waals surface area contributed by atoms with Crippen molar-refractivity contribution in [2.45, 2.75) is 25.4 Å². The number of aromatic nitrogens is 1. The second-order valence-corrected chi connectivity index (χ2v) is 5.57. The summed E-state index contributed by atoms with van der Waals surface area (Å²) in [7, 11) is 6.12. The van der Waals surface area contributed by atoms with Crippen LogP contribution in [-0.4, -0.2) is 52.7 Å². The number of hydrogen-bond donors (Lipinski definition) is 1. The van der Waals surface area contributed by atoms with E-state index in [2.05, 4.69) is 23.9 Å². The number of aromatic hydroxyl groups is 1. The van der Waals surface area contributed by atoms with Gasteiger partial charge in [-0.3, -0.25) is 9.69 Å². The van der Waals surface area contributed by atoms with Gasteiger partial charge in [0.1, 0.15) is 0 Å². The van der Waals surface area contributed by atoms with E-state index in [-0.39, 0.29) is 11.2 Å². The topological polar surface area (TPSA) is 48.7 Å². The largest absolute Gasteiger partial charge is 0.503 e. The summed E-state index contributed by atoms with van der Waals surface area (Å²) in [5.41, 5.74) is 0.633. The maximum absolute atomic E-state index is 11.5. The van der Waals surface area contributed by atoms with E-state index in [0.29, 0.717) is 6.04 Å². The molecule has 1 N–H and O–H groups in total. The fourth-order valence-corrected chi connectivity index (χ4v) is 2.63. The highest BCUT2D eigenvalue weighted by Crippen LogP contribution is 2.16. The number of aryl methyl sites for hydroxylation is 1. The van der Waals surface area contributed by atoms with Gasteiger partial charge in [-0.2, -0.15) is 0 Å². The Bertz CT molecular complexity index is 490. The molecule has 1 saturated heterocycles. The molecule has 0 radical (unpaired) electrons. The fourth-order valence-electron chi connectivity index (χ4n) is 2.63. The maximum Gasteiger partial charge on any atom is 0.223 e. The van der Waals surface area contributed by atoms with Crippen molar-refractivity contribution in [3.8, 4) is 5.75 Å². The molecule has 0 atom stereocenters. The number of nitrogens with zero attached hydrogens (tertiary/aromatic N) is 3. The zero-order valence-corrected chi connectivity index (χ0v) is 12.0. The molecule has 1 aliphatic heterocycles. The maximum atomic E-state index is 11.5. The first-order chi connectivity index (χ1) is 8.97. The Kier molecular flexibility index (Phi) is 4.27. The predicted octanol–water partition coefficient (Wildman–Crippen LogP) is 0.617. The van der Waals surface area contributed by atoms with Crippen LogP contribution in [0.4, 0.5) is 0 Å². The van der Waals surface area contributed by atoms with E-state index in [1.807, 2.05) is 11.6 Å². The van der Waals surface area contributed by atoms with Gasteiger partial charge in [0.15, 0.2) is 5.75 Å². The van der Waals surface area contributed by atoms with Gasteiger partial charge in [-0.25, -0.2) is 0 Å². The highest BCUT2D eigenvalue weighted by atomic mass is 16.3. The quantitative estimate of drug-likeness (QED) is 0.870. The van der Waals surface area contributed by atoms with Crippen LogP contribution in [0.1, 0.15) is 18.5 Å². The normalized spacial score (nSPS) is 18.1. The highest BCUT2D eigenvalue weighted by molar-refractivity contribution is 5.20. The molecule has 5 nitrogen and oxygen atoms in total. The summed E-state index contributed by atoms with van der Waals surface area (Å²) >= 11 is 0. The molecule has 0 amide bonds. The van der Waals surface area contributed by atoms with E-state index >= 15 is 0 Å². The Morgan fingerprint density at radius 2 is 2.00 bits per heavy atom. The number of hydrogen-bond acceptors (Lipinski definition) is 4. The SMILES string of the molecule is CN1CCC(N(C)Cc2cc(=O)c(O)cn2C)CC1. The van der Waals surface area contributed by atoms with Crippen LogP contribution in [0, 0.1) is 0 Å². The first-order valence-electron chi connectivity index (χ1n) is 6.74. The van der Waals surface area contributed by atoms with Crippen molar-refractivity contribution < 1.29 is 5.11 Å². The van der Waals surface area contributed by atoms with Gasteiger partial charge in [-0.1, -0.05) is 0 Å². The van der Waals surface area contributed by atoms with Gasteiger partial charge < -0.3 is 14.6 Å². The molecular formula is C14H23N3O2. The molecule has 1 aromatic rings. The first kappa shape index (κ1) is 14.1. The van der Waals surface area contributed by atoms with Gasteiger partial charge in [0.2, 0.25) is 5.43 Å². The lowest BCUT2D eigenvalue weighted by atomic mass is 10.0. The van der Waals surface area contributed by atoms with Gasteiger partial charge in [0.05, 0.1) is 0 Å². The van der Waals surface area contributed by atoms with Crippen molar-refractivity contribution in [1.82, 2.24) is 14.4 Å². The number of piperidine rings is 1. The van der Waals surface area contributed by atoms with Crippen molar-refractivity contribution >= 4 is 0 Å². The van der Waals surface area contributed by atoms with Crippen LogP contribution < -0.4 is 5.43 Å². The molecule has 1 aliphatic rings. The van der Waals surface area contributed by atoms with Crippen LogP contribution in [0.15, 0.2) is 17.1 Å². The van der Waals surface area contributed by atoms with Crippen LogP contribution in [0.3, 0.4) is 0 Å². The van der Waals surface area contributed by atoms with Crippen molar-refractivity contribution in [3.63, 3.8) is 0 Å². The minimum Gasteiger partial charge on any atom is -0.503 e. The first-order valence-corrected chi connectivity index (χ1v) is 6.74. The van der Waals surface area contributed by atoms with Crippen LogP contribution >= 0.6 is 0 Å². The molecule has 106 valence electrons. The summed E-state index contributed by atoms with van der Waals surface area (Å²) < 4.78 is 1.82. The van der Waals surface area contributed by atoms with Crippen LogP contribution in [0.25, 0.3) is 0 Å². The predicted molar refractivity (Wildman–Crippen MR) is 75.3 cm³/mol. The van der Waals surface area contributed by atoms with Crippen molar-refractivity contribution in [1.29, 1.82) is 0 Å². The lowest BCUT2D eigenvalue weighted by Crippen LogP contribution is -2.41. The summed E-state index contributed by atoms with van der Waals surface area (Å²) in [6.45, 7) is 2.99. The molecular weight excluding hydrogens is 242 g/mol. The zero-order valence-electron chi connectivity index (χ0n) is 12.0. The molecule has 19 heavy (non-hydrogen) atoms. The third-order valence-electron chi connectivity index (χ3n) is 4.04. The second-order valence-electron chi connectivity index (χ2n) is 5.57. The van der Waals surface area contributed by atoms with Crippen molar-refractivity contribution in [3.05, 3.63) is 28.2 Å². The summed E-state index contributed by atoms with van der Waals surface area (Å²) in [6, 6.07) is 2.10. The molecule has 0 saturated carbocycles. The Balaban J connectivity index is 2.04. The molecule has 2 heterocycles. The summed E-state index contributed by atoms with van der Waals surface area (Å²) in [5, 5.41) is 9.38.